The molecule has 5 nitrogen and oxygen atoms in total. The van der Waals surface area contributed by atoms with Crippen LogP contribution in [0, 0.1) is 13.8 Å². The van der Waals surface area contributed by atoms with E-state index < -0.39 is 0 Å². The van der Waals surface area contributed by atoms with E-state index in [4.69, 9.17) is 4.52 Å². The molecule has 0 saturated carbocycles. The zero-order chi connectivity index (χ0) is 13.2. The van der Waals surface area contributed by atoms with Crippen molar-refractivity contribution >= 4 is 0 Å². The SMILES string of the molecule is Cc1cc(CN2CCC(c3[nH]ncc3C)CC2)on1. The molecule has 3 rings (SSSR count). The van der Waals surface area contributed by atoms with Gasteiger partial charge in [-0.2, -0.15) is 5.10 Å². The van der Waals surface area contributed by atoms with Gasteiger partial charge in [0.15, 0.2) is 5.76 Å². The van der Waals surface area contributed by atoms with E-state index in [1.54, 1.807) is 0 Å². The maximum atomic E-state index is 5.28. The number of H-pyrrole nitrogens is 1. The lowest BCUT2D eigenvalue weighted by Gasteiger charge is -2.30. The summed E-state index contributed by atoms with van der Waals surface area (Å²) in [5.74, 6) is 1.59. The molecule has 3 heterocycles. The quantitative estimate of drug-likeness (QED) is 0.920. The lowest BCUT2D eigenvalue weighted by molar-refractivity contribution is 0.183. The van der Waals surface area contributed by atoms with Crippen LogP contribution in [0.1, 0.15) is 41.5 Å². The van der Waals surface area contributed by atoms with Crippen molar-refractivity contribution in [2.24, 2.45) is 0 Å². The van der Waals surface area contributed by atoms with Crippen molar-refractivity contribution in [3.8, 4) is 0 Å². The third-order valence-corrected chi connectivity index (χ3v) is 3.92. The smallest absolute Gasteiger partial charge is 0.150 e. The Kier molecular flexibility index (Phi) is 3.38. The first-order chi connectivity index (χ1) is 9.22. The van der Waals surface area contributed by atoms with Crippen LogP contribution in [0.4, 0.5) is 0 Å². The first-order valence-corrected chi connectivity index (χ1v) is 6.87. The fraction of sp³-hybridized carbons (Fsp3) is 0.571. The fourth-order valence-corrected chi connectivity index (χ4v) is 2.86. The number of aryl methyl sites for hydroxylation is 2. The van der Waals surface area contributed by atoms with Crippen molar-refractivity contribution in [3.63, 3.8) is 0 Å². The summed E-state index contributed by atoms with van der Waals surface area (Å²) in [6.07, 6.45) is 4.27. The summed E-state index contributed by atoms with van der Waals surface area (Å²) in [4.78, 5) is 2.43. The monoisotopic (exact) mass is 260 g/mol. The second-order valence-corrected chi connectivity index (χ2v) is 5.45. The number of nitrogens with zero attached hydrogens (tertiary/aromatic N) is 3. The average molecular weight is 260 g/mol. The number of nitrogens with one attached hydrogen (secondary N) is 1. The minimum absolute atomic E-state index is 0.621. The summed E-state index contributed by atoms with van der Waals surface area (Å²) >= 11 is 0. The van der Waals surface area contributed by atoms with Crippen molar-refractivity contribution in [1.82, 2.24) is 20.3 Å². The number of aromatic amines is 1. The molecule has 1 N–H and O–H groups in total. The summed E-state index contributed by atoms with van der Waals surface area (Å²) in [5.41, 5.74) is 3.55. The number of hydrogen-bond acceptors (Lipinski definition) is 4. The fourth-order valence-electron chi connectivity index (χ4n) is 2.86. The van der Waals surface area contributed by atoms with Gasteiger partial charge < -0.3 is 4.52 Å². The van der Waals surface area contributed by atoms with E-state index in [1.165, 1.54) is 24.1 Å². The van der Waals surface area contributed by atoms with Crippen LogP contribution in [0.5, 0.6) is 0 Å². The van der Waals surface area contributed by atoms with Gasteiger partial charge in [-0.15, -0.1) is 0 Å². The molecule has 1 saturated heterocycles. The maximum Gasteiger partial charge on any atom is 0.150 e. The van der Waals surface area contributed by atoms with Crippen LogP contribution in [-0.4, -0.2) is 33.3 Å². The lowest BCUT2D eigenvalue weighted by Crippen LogP contribution is -2.32. The van der Waals surface area contributed by atoms with Gasteiger partial charge in [-0.3, -0.25) is 10.00 Å². The largest absolute Gasteiger partial charge is 0.360 e. The molecule has 19 heavy (non-hydrogen) atoms. The first kappa shape index (κ1) is 12.4. The van der Waals surface area contributed by atoms with E-state index in [9.17, 15) is 0 Å². The Hall–Kier alpha value is -1.62. The van der Waals surface area contributed by atoms with E-state index in [0.29, 0.717) is 5.92 Å². The number of hydrogen-bond donors (Lipinski definition) is 1. The van der Waals surface area contributed by atoms with Crippen LogP contribution in [-0.2, 0) is 6.54 Å². The maximum absolute atomic E-state index is 5.28. The molecular weight excluding hydrogens is 240 g/mol. The zero-order valence-electron chi connectivity index (χ0n) is 11.5. The second-order valence-electron chi connectivity index (χ2n) is 5.45. The van der Waals surface area contributed by atoms with E-state index in [-0.39, 0.29) is 0 Å². The molecule has 0 aromatic carbocycles. The predicted octanol–water partition coefficient (Wildman–Crippen LogP) is 2.39. The highest BCUT2D eigenvalue weighted by molar-refractivity contribution is 5.19. The Bertz CT molecular complexity index is 537. The van der Waals surface area contributed by atoms with Gasteiger partial charge >= 0.3 is 0 Å². The van der Waals surface area contributed by atoms with E-state index >= 15 is 0 Å². The minimum Gasteiger partial charge on any atom is -0.360 e. The normalized spacial score (nSPS) is 18.0. The van der Waals surface area contributed by atoms with Gasteiger partial charge in [0.25, 0.3) is 0 Å². The van der Waals surface area contributed by atoms with Crippen molar-refractivity contribution < 1.29 is 4.52 Å². The number of piperidine rings is 1. The van der Waals surface area contributed by atoms with Crippen molar-refractivity contribution in [3.05, 3.63) is 35.0 Å². The van der Waals surface area contributed by atoms with Crippen LogP contribution >= 0.6 is 0 Å². The average Bonchev–Trinajstić information content (AvgIpc) is 3.00. The summed E-state index contributed by atoms with van der Waals surface area (Å²) in [7, 11) is 0. The van der Waals surface area contributed by atoms with Crippen molar-refractivity contribution in [2.75, 3.05) is 13.1 Å². The van der Waals surface area contributed by atoms with Gasteiger partial charge in [0.05, 0.1) is 18.4 Å². The molecule has 0 aliphatic carbocycles. The van der Waals surface area contributed by atoms with Crippen LogP contribution in [0.3, 0.4) is 0 Å². The van der Waals surface area contributed by atoms with Crippen LogP contribution < -0.4 is 0 Å². The highest BCUT2D eigenvalue weighted by Crippen LogP contribution is 2.29. The van der Waals surface area contributed by atoms with Gasteiger partial charge in [-0.05, 0) is 45.3 Å². The van der Waals surface area contributed by atoms with E-state index in [1.807, 2.05) is 19.2 Å². The van der Waals surface area contributed by atoms with E-state index in [2.05, 4.69) is 27.2 Å². The van der Waals surface area contributed by atoms with Crippen molar-refractivity contribution in [1.29, 1.82) is 0 Å². The topological polar surface area (TPSA) is 58.0 Å². The molecule has 0 unspecified atom stereocenters. The Morgan fingerprint density at radius 1 is 1.37 bits per heavy atom. The second kappa shape index (κ2) is 5.17. The van der Waals surface area contributed by atoms with Gasteiger partial charge in [0.2, 0.25) is 0 Å². The molecule has 0 radical (unpaired) electrons. The Morgan fingerprint density at radius 2 is 2.16 bits per heavy atom. The Balaban J connectivity index is 1.56. The highest BCUT2D eigenvalue weighted by Gasteiger charge is 2.23. The summed E-state index contributed by atoms with van der Waals surface area (Å²) in [6, 6.07) is 2.02. The Morgan fingerprint density at radius 3 is 2.74 bits per heavy atom. The molecule has 1 aliphatic heterocycles. The molecule has 0 atom stereocenters. The van der Waals surface area contributed by atoms with Gasteiger partial charge in [0, 0.05) is 17.7 Å². The zero-order valence-corrected chi connectivity index (χ0v) is 11.5. The summed E-state index contributed by atoms with van der Waals surface area (Å²) in [5, 5.41) is 11.2. The standard InChI is InChI=1S/C14H20N4O/c1-10-8-15-16-14(10)12-3-5-18(6-4-12)9-13-7-11(2)17-19-13/h7-8,12H,3-6,9H2,1-2H3,(H,15,16). The molecule has 2 aromatic heterocycles. The summed E-state index contributed by atoms with van der Waals surface area (Å²) in [6.45, 7) is 7.16. The molecule has 0 amide bonds. The molecule has 102 valence electrons. The van der Waals surface area contributed by atoms with Crippen LogP contribution in [0.25, 0.3) is 0 Å². The molecule has 0 bridgehead atoms. The minimum atomic E-state index is 0.621. The molecule has 1 aliphatic rings. The van der Waals surface area contributed by atoms with Crippen LogP contribution in [0.15, 0.2) is 16.8 Å². The van der Waals surface area contributed by atoms with Crippen LogP contribution in [0.2, 0.25) is 0 Å². The van der Waals surface area contributed by atoms with E-state index in [0.717, 1.165) is 31.1 Å². The molecule has 1 fully saturated rings. The first-order valence-electron chi connectivity index (χ1n) is 6.87. The molecule has 0 spiro atoms. The predicted molar refractivity (Wildman–Crippen MR) is 71.8 cm³/mol. The highest BCUT2D eigenvalue weighted by atomic mass is 16.5. The summed E-state index contributed by atoms with van der Waals surface area (Å²) < 4.78 is 5.28. The van der Waals surface area contributed by atoms with Gasteiger partial charge in [0.1, 0.15) is 0 Å². The third kappa shape index (κ3) is 2.71. The number of rotatable bonds is 3. The molecule has 5 heteroatoms. The number of aromatic nitrogens is 3. The van der Waals surface area contributed by atoms with Gasteiger partial charge in [-0.1, -0.05) is 5.16 Å². The Labute approximate surface area is 113 Å². The van der Waals surface area contributed by atoms with Gasteiger partial charge in [-0.25, -0.2) is 0 Å². The van der Waals surface area contributed by atoms with Crippen molar-refractivity contribution in [2.45, 2.75) is 39.2 Å². The molecular formula is C14H20N4O. The molecule has 2 aromatic rings. The third-order valence-electron chi connectivity index (χ3n) is 3.92. The number of likely N-dealkylation sites (tertiary alicyclic amines) is 1. The lowest BCUT2D eigenvalue weighted by atomic mass is 9.92.